The summed E-state index contributed by atoms with van der Waals surface area (Å²) < 4.78 is 44.1. The van der Waals surface area contributed by atoms with E-state index in [0.717, 1.165) is 21.7 Å². The Morgan fingerprint density at radius 3 is 2.57 bits per heavy atom. The molecule has 0 radical (unpaired) electrons. The molecule has 0 saturated carbocycles. The van der Waals surface area contributed by atoms with Gasteiger partial charge in [0.1, 0.15) is 10.0 Å². The molecule has 2 heterocycles. The van der Waals surface area contributed by atoms with Crippen LogP contribution in [0.25, 0.3) is 10.1 Å². The van der Waals surface area contributed by atoms with E-state index in [2.05, 4.69) is 9.82 Å². The highest BCUT2D eigenvalue weighted by atomic mass is 32.2. The minimum Gasteiger partial charge on any atom is -0.275 e. The molecular formula is C15H16FN3O2S2. The van der Waals surface area contributed by atoms with E-state index in [1.54, 1.807) is 38.6 Å². The predicted octanol–water partition coefficient (Wildman–Crippen LogP) is 3.50. The first-order valence-corrected chi connectivity index (χ1v) is 9.22. The zero-order valence-corrected chi connectivity index (χ0v) is 14.8. The van der Waals surface area contributed by atoms with Crippen LogP contribution < -0.4 is 4.72 Å². The quantitative estimate of drug-likeness (QED) is 0.784. The molecule has 0 saturated heterocycles. The molecule has 0 amide bonds. The van der Waals surface area contributed by atoms with Crippen molar-refractivity contribution in [3.8, 4) is 0 Å². The maximum absolute atomic E-state index is 13.4. The van der Waals surface area contributed by atoms with E-state index in [9.17, 15) is 12.8 Å². The molecule has 0 spiro atoms. The highest BCUT2D eigenvalue weighted by Gasteiger charge is 2.24. The third-order valence-electron chi connectivity index (χ3n) is 3.84. The van der Waals surface area contributed by atoms with Gasteiger partial charge in [-0.3, -0.25) is 9.40 Å². The fourth-order valence-corrected chi connectivity index (χ4v) is 5.45. The number of nitrogens with zero attached hydrogens (tertiary/aromatic N) is 2. The molecule has 0 fully saturated rings. The van der Waals surface area contributed by atoms with Crippen molar-refractivity contribution in [3.63, 3.8) is 0 Å². The number of anilines is 1. The molecule has 0 atom stereocenters. The van der Waals surface area contributed by atoms with Crippen molar-refractivity contribution in [2.45, 2.75) is 25.0 Å². The molecule has 0 bridgehead atoms. The smallest absolute Gasteiger partial charge is 0.271 e. The van der Waals surface area contributed by atoms with Gasteiger partial charge < -0.3 is 0 Å². The molecule has 0 unspecified atom stereocenters. The van der Waals surface area contributed by atoms with Gasteiger partial charge in [-0.25, -0.2) is 12.8 Å². The summed E-state index contributed by atoms with van der Waals surface area (Å²) in [5.74, 6) is -0.380. The molecule has 1 N–H and O–H groups in total. The second-order valence-electron chi connectivity index (χ2n) is 5.43. The molecule has 0 aliphatic carbocycles. The van der Waals surface area contributed by atoms with Crippen LogP contribution >= 0.6 is 11.3 Å². The maximum Gasteiger partial charge on any atom is 0.271 e. The minimum absolute atomic E-state index is 0.195. The van der Waals surface area contributed by atoms with E-state index in [0.29, 0.717) is 22.3 Å². The molecule has 122 valence electrons. The molecular weight excluding hydrogens is 337 g/mol. The van der Waals surface area contributed by atoms with Gasteiger partial charge in [0.2, 0.25) is 0 Å². The second kappa shape index (κ2) is 5.31. The number of thiophene rings is 1. The van der Waals surface area contributed by atoms with E-state index in [4.69, 9.17) is 0 Å². The monoisotopic (exact) mass is 353 g/mol. The Morgan fingerprint density at radius 2 is 1.96 bits per heavy atom. The van der Waals surface area contributed by atoms with E-state index in [-0.39, 0.29) is 10.0 Å². The summed E-state index contributed by atoms with van der Waals surface area (Å²) >= 11 is 1.13. The number of benzene rings is 1. The van der Waals surface area contributed by atoms with Crippen molar-refractivity contribution in [1.29, 1.82) is 0 Å². The fraction of sp³-hybridized carbons (Fsp3) is 0.267. The van der Waals surface area contributed by atoms with Crippen LogP contribution in [0.3, 0.4) is 0 Å². The zero-order chi connectivity index (χ0) is 16.9. The Labute approximate surface area is 137 Å². The van der Waals surface area contributed by atoms with Gasteiger partial charge in [0.25, 0.3) is 10.0 Å². The average Bonchev–Trinajstić information content (AvgIpc) is 2.92. The van der Waals surface area contributed by atoms with E-state index < -0.39 is 10.0 Å². The average molecular weight is 353 g/mol. The lowest BCUT2D eigenvalue weighted by Gasteiger charge is -2.07. The van der Waals surface area contributed by atoms with Gasteiger partial charge >= 0.3 is 0 Å². The number of hydrogen-bond acceptors (Lipinski definition) is 4. The number of nitrogens with one attached hydrogen (secondary N) is 1. The summed E-state index contributed by atoms with van der Waals surface area (Å²) in [7, 11) is -2.00. The normalized spacial score (nSPS) is 12.0. The molecule has 8 heteroatoms. The van der Waals surface area contributed by atoms with Gasteiger partial charge in [0.15, 0.2) is 0 Å². The summed E-state index contributed by atoms with van der Waals surface area (Å²) in [6.45, 7) is 5.23. The van der Waals surface area contributed by atoms with Crippen LogP contribution in [0, 0.1) is 26.6 Å². The minimum atomic E-state index is -3.76. The molecule has 3 rings (SSSR count). The molecule has 3 aromatic rings. The van der Waals surface area contributed by atoms with Crippen LogP contribution in [0.2, 0.25) is 0 Å². The molecule has 0 aliphatic rings. The van der Waals surface area contributed by atoms with E-state index in [1.807, 2.05) is 0 Å². The summed E-state index contributed by atoms with van der Waals surface area (Å²) in [4.78, 5) is 0. The van der Waals surface area contributed by atoms with Gasteiger partial charge in [-0.2, -0.15) is 5.10 Å². The number of fused-ring (bicyclic) bond motifs is 1. The molecule has 0 aliphatic heterocycles. The highest BCUT2D eigenvalue weighted by molar-refractivity contribution is 7.94. The topological polar surface area (TPSA) is 64.0 Å². The zero-order valence-electron chi connectivity index (χ0n) is 13.1. The number of aryl methyl sites for hydroxylation is 3. The Bertz CT molecular complexity index is 1020. The first-order chi connectivity index (χ1) is 10.7. The second-order valence-corrected chi connectivity index (χ2v) is 8.36. The molecule has 1 aromatic carbocycles. The summed E-state index contributed by atoms with van der Waals surface area (Å²) in [5.41, 5.74) is 2.38. The largest absolute Gasteiger partial charge is 0.275 e. The fourth-order valence-electron chi connectivity index (χ4n) is 2.53. The first kappa shape index (κ1) is 15.9. The summed E-state index contributed by atoms with van der Waals surface area (Å²) in [6.07, 6.45) is 0. The first-order valence-electron chi connectivity index (χ1n) is 6.92. The van der Waals surface area contributed by atoms with Crippen molar-refractivity contribution < 1.29 is 12.8 Å². The van der Waals surface area contributed by atoms with Crippen LogP contribution in [-0.4, -0.2) is 18.2 Å². The highest BCUT2D eigenvalue weighted by Crippen LogP contribution is 2.35. The van der Waals surface area contributed by atoms with Crippen molar-refractivity contribution in [3.05, 3.63) is 41.0 Å². The van der Waals surface area contributed by atoms with Crippen molar-refractivity contribution >= 4 is 37.1 Å². The van der Waals surface area contributed by atoms with Crippen molar-refractivity contribution in [2.75, 3.05) is 4.72 Å². The van der Waals surface area contributed by atoms with Crippen molar-refractivity contribution in [2.24, 2.45) is 7.05 Å². The summed E-state index contributed by atoms with van der Waals surface area (Å²) in [6, 6.07) is 4.29. The van der Waals surface area contributed by atoms with E-state index >= 15 is 0 Å². The Hall–Kier alpha value is -1.93. The maximum atomic E-state index is 13.4. The predicted molar refractivity (Wildman–Crippen MR) is 90.0 cm³/mol. The Morgan fingerprint density at radius 1 is 1.26 bits per heavy atom. The van der Waals surface area contributed by atoms with Crippen LogP contribution in [-0.2, 0) is 17.1 Å². The van der Waals surface area contributed by atoms with Crippen LogP contribution in [0.15, 0.2) is 22.4 Å². The third-order valence-corrected chi connectivity index (χ3v) is 7.09. The molecule has 2 aromatic heterocycles. The number of sulfonamides is 1. The molecule has 23 heavy (non-hydrogen) atoms. The lowest BCUT2D eigenvalue weighted by atomic mass is 10.2. The van der Waals surface area contributed by atoms with Gasteiger partial charge in [-0.1, -0.05) is 0 Å². The number of hydrogen-bond donors (Lipinski definition) is 1. The molecule has 5 nitrogen and oxygen atoms in total. The number of aromatic nitrogens is 2. The van der Waals surface area contributed by atoms with Gasteiger partial charge in [-0.05, 0) is 49.9 Å². The van der Waals surface area contributed by atoms with Crippen LogP contribution in [0.1, 0.15) is 17.0 Å². The lowest BCUT2D eigenvalue weighted by molar-refractivity contribution is 0.602. The number of halogens is 1. The van der Waals surface area contributed by atoms with Crippen LogP contribution in [0.4, 0.5) is 10.1 Å². The number of rotatable bonds is 3. The van der Waals surface area contributed by atoms with Crippen molar-refractivity contribution in [1.82, 2.24) is 9.78 Å². The van der Waals surface area contributed by atoms with Gasteiger partial charge in [0, 0.05) is 11.7 Å². The van der Waals surface area contributed by atoms with E-state index in [1.165, 1.54) is 12.1 Å². The standard InChI is InChI=1S/C15H16FN3O2S2/c1-8-12-7-11(16)5-6-13(12)22-15(8)23(20,21)18-14-9(2)17-19(4)10(14)3/h5-7,18H,1-4H3. The van der Waals surface area contributed by atoms with Gasteiger partial charge in [-0.15, -0.1) is 11.3 Å². The third kappa shape index (κ3) is 2.61. The summed E-state index contributed by atoms with van der Waals surface area (Å²) in [5, 5.41) is 4.83. The van der Waals surface area contributed by atoms with Crippen LogP contribution in [0.5, 0.6) is 0 Å². The Kier molecular flexibility index (Phi) is 3.68. The lowest BCUT2D eigenvalue weighted by Crippen LogP contribution is -2.13. The SMILES string of the molecule is Cc1nn(C)c(C)c1NS(=O)(=O)c1sc2ccc(F)cc2c1C. The van der Waals surface area contributed by atoms with Gasteiger partial charge in [0.05, 0.1) is 17.1 Å². The Balaban J connectivity index is 2.11.